The van der Waals surface area contributed by atoms with Gasteiger partial charge in [0.25, 0.3) is 0 Å². The summed E-state index contributed by atoms with van der Waals surface area (Å²) in [5.41, 5.74) is 8.75. The standard InChI is InChI=1S/C17H21FN2O/c1-3-15(19)7-13-4-5-17(16(18)8-13)21-11-14-6-12(2)9-20-10-14/h4-6,8-10,15H,3,7,11,19H2,1-2H3. The molecule has 0 aliphatic rings. The Morgan fingerprint density at radius 1 is 1.24 bits per heavy atom. The molecule has 0 spiro atoms. The van der Waals surface area contributed by atoms with Gasteiger partial charge in [0.2, 0.25) is 0 Å². The highest BCUT2D eigenvalue weighted by Crippen LogP contribution is 2.20. The number of nitrogens with zero attached hydrogens (tertiary/aromatic N) is 1. The Morgan fingerprint density at radius 2 is 2.05 bits per heavy atom. The molecule has 2 rings (SSSR count). The topological polar surface area (TPSA) is 48.1 Å². The van der Waals surface area contributed by atoms with Crippen LogP contribution in [-0.4, -0.2) is 11.0 Å². The molecule has 0 saturated heterocycles. The van der Waals surface area contributed by atoms with Crippen LogP contribution in [0.4, 0.5) is 4.39 Å². The van der Waals surface area contributed by atoms with Crippen LogP contribution in [0.2, 0.25) is 0 Å². The molecule has 0 fully saturated rings. The summed E-state index contributed by atoms with van der Waals surface area (Å²) in [5, 5.41) is 0. The zero-order valence-electron chi connectivity index (χ0n) is 12.5. The molecule has 1 heterocycles. The largest absolute Gasteiger partial charge is 0.486 e. The quantitative estimate of drug-likeness (QED) is 0.886. The number of benzene rings is 1. The van der Waals surface area contributed by atoms with Crippen molar-refractivity contribution in [3.63, 3.8) is 0 Å². The maximum Gasteiger partial charge on any atom is 0.165 e. The summed E-state index contributed by atoms with van der Waals surface area (Å²) in [7, 11) is 0. The van der Waals surface area contributed by atoms with E-state index in [1.807, 2.05) is 26.0 Å². The van der Waals surface area contributed by atoms with Crippen LogP contribution in [-0.2, 0) is 13.0 Å². The summed E-state index contributed by atoms with van der Waals surface area (Å²) < 4.78 is 19.5. The Bertz CT molecular complexity index is 601. The predicted molar refractivity (Wildman–Crippen MR) is 81.7 cm³/mol. The molecule has 1 atom stereocenters. The van der Waals surface area contributed by atoms with Gasteiger partial charge >= 0.3 is 0 Å². The average Bonchev–Trinajstić information content (AvgIpc) is 2.46. The summed E-state index contributed by atoms with van der Waals surface area (Å²) in [6.45, 7) is 4.29. The lowest BCUT2D eigenvalue weighted by atomic mass is 10.0. The highest BCUT2D eigenvalue weighted by molar-refractivity contribution is 5.30. The molecule has 112 valence electrons. The van der Waals surface area contributed by atoms with Crippen molar-refractivity contribution in [2.75, 3.05) is 0 Å². The van der Waals surface area contributed by atoms with E-state index < -0.39 is 0 Å². The van der Waals surface area contributed by atoms with E-state index in [0.29, 0.717) is 13.0 Å². The molecule has 2 aromatic rings. The van der Waals surface area contributed by atoms with E-state index in [4.69, 9.17) is 10.5 Å². The van der Waals surface area contributed by atoms with Crippen molar-refractivity contribution >= 4 is 0 Å². The van der Waals surface area contributed by atoms with Crippen LogP contribution in [0.5, 0.6) is 5.75 Å². The molecule has 3 nitrogen and oxygen atoms in total. The van der Waals surface area contributed by atoms with Crippen molar-refractivity contribution in [3.8, 4) is 5.75 Å². The van der Waals surface area contributed by atoms with Gasteiger partial charge in [-0.25, -0.2) is 4.39 Å². The summed E-state index contributed by atoms with van der Waals surface area (Å²) >= 11 is 0. The Hall–Kier alpha value is -1.94. The molecule has 1 aromatic carbocycles. The van der Waals surface area contributed by atoms with E-state index in [9.17, 15) is 4.39 Å². The van der Waals surface area contributed by atoms with Crippen molar-refractivity contribution in [3.05, 3.63) is 59.2 Å². The van der Waals surface area contributed by atoms with Crippen LogP contribution < -0.4 is 10.5 Å². The van der Waals surface area contributed by atoms with Crippen molar-refractivity contribution in [1.29, 1.82) is 0 Å². The number of rotatable bonds is 6. The fourth-order valence-electron chi connectivity index (χ4n) is 2.09. The molecule has 0 amide bonds. The van der Waals surface area contributed by atoms with Crippen molar-refractivity contribution in [2.45, 2.75) is 39.3 Å². The molecule has 0 bridgehead atoms. The van der Waals surface area contributed by atoms with Gasteiger partial charge in [0.05, 0.1) is 0 Å². The third-order valence-corrected chi connectivity index (χ3v) is 3.34. The van der Waals surface area contributed by atoms with Crippen molar-refractivity contribution in [2.24, 2.45) is 5.73 Å². The Balaban J connectivity index is 2.01. The van der Waals surface area contributed by atoms with E-state index in [1.165, 1.54) is 6.07 Å². The number of ether oxygens (including phenoxy) is 1. The highest BCUT2D eigenvalue weighted by atomic mass is 19.1. The summed E-state index contributed by atoms with van der Waals surface area (Å²) in [6.07, 6.45) is 5.05. The van der Waals surface area contributed by atoms with Crippen LogP contribution in [0.25, 0.3) is 0 Å². The van der Waals surface area contributed by atoms with Crippen molar-refractivity contribution < 1.29 is 9.13 Å². The normalized spacial score (nSPS) is 12.2. The lowest BCUT2D eigenvalue weighted by Gasteiger charge is -2.11. The Kier molecular flexibility index (Phi) is 5.28. The zero-order chi connectivity index (χ0) is 15.2. The van der Waals surface area contributed by atoms with Crippen LogP contribution in [0.3, 0.4) is 0 Å². The number of hydrogen-bond acceptors (Lipinski definition) is 3. The van der Waals surface area contributed by atoms with Crippen molar-refractivity contribution in [1.82, 2.24) is 4.98 Å². The van der Waals surface area contributed by atoms with E-state index >= 15 is 0 Å². The molecule has 0 aliphatic carbocycles. The van der Waals surface area contributed by atoms with Gasteiger partial charge in [-0.2, -0.15) is 0 Å². The molecule has 1 aromatic heterocycles. The molecule has 1 unspecified atom stereocenters. The zero-order valence-corrected chi connectivity index (χ0v) is 12.5. The molecule has 0 saturated carbocycles. The maximum atomic E-state index is 14.0. The van der Waals surface area contributed by atoms with Gasteiger partial charge in [-0.15, -0.1) is 0 Å². The van der Waals surface area contributed by atoms with E-state index in [-0.39, 0.29) is 17.6 Å². The Morgan fingerprint density at radius 3 is 2.71 bits per heavy atom. The third kappa shape index (κ3) is 4.53. The molecule has 4 heteroatoms. The van der Waals surface area contributed by atoms with Gasteiger partial charge in [0.15, 0.2) is 11.6 Å². The van der Waals surface area contributed by atoms with Gasteiger partial charge in [0.1, 0.15) is 6.61 Å². The predicted octanol–water partition coefficient (Wildman–Crippen LogP) is 3.39. The fraction of sp³-hybridized carbons (Fsp3) is 0.353. The van der Waals surface area contributed by atoms with Crippen LogP contribution in [0.15, 0.2) is 36.7 Å². The molecular weight excluding hydrogens is 267 g/mol. The third-order valence-electron chi connectivity index (χ3n) is 3.34. The number of aryl methyl sites for hydroxylation is 1. The highest BCUT2D eigenvalue weighted by Gasteiger charge is 2.08. The van der Waals surface area contributed by atoms with E-state index in [2.05, 4.69) is 4.98 Å². The second-order valence-electron chi connectivity index (χ2n) is 5.30. The van der Waals surface area contributed by atoms with Crippen LogP contribution >= 0.6 is 0 Å². The van der Waals surface area contributed by atoms with Gasteiger partial charge in [0, 0.05) is 24.0 Å². The van der Waals surface area contributed by atoms with Crippen LogP contribution in [0.1, 0.15) is 30.0 Å². The minimum Gasteiger partial charge on any atom is -0.486 e. The first-order valence-electron chi connectivity index (χ1n) is 7.15. The molecule has 0 aliphatic heterocycles. The minimum absolute atomic E-state index is 0.0644. The van der Waals surface area contributed by atoms with Crippen LogP contribution in [0, 0.1) is 12.7 Å². The van der Waals surface area contributed by atoms with Gasteiger partial charge in [-0.3, -0.25) is 4.98 Å². The number of pyridine rings is 1. The smallest absolute Gasteiger partial charge is 0.165 e. The number of hydrogen-bond donors (Lipinski definition) is 1. The summed E-state index contributed by atoms with van der Waals surface area (Å²) in [4.78, 5) is 4.09. The first-order valence-corrected chi connectivity index (χ1v) is 7.15. The van der Waals surface area contributed by atoms with Gasteiger partial charge < -0.3 is 10.5 Å². The van der Waals surface area contributed by atoms with Gasteiger partial charge in [-0.05, 0) is 49.1 Å². The lowest BCUT2D eigenvalue weighted by Crippen LogP contribution is -2.21. The second-order valence-corrected chi connectivity index (χ2v) is 5.30. The number of halogens is 1. The Labute approximate surface area is 125 Å². The number of nitrogens with two attached hydrogens (primary N) is 1. The minimum atomic E-state index is -0.351. The average molecular weight is 288 g/mol. The number of aromatic nitrogens is 1. The first kappa shape index (κ1) is 15.4. The van der Waals surface area contributed by atoms with E-state index in [0.717, 1.165) is 23.1 Å². The molecule has 2 N–H and O–H groups in total. The molecule has 0 radical (unpaired) electrons. The van der Waals surface area contributed by atoms with Gasteiger partial charge in [-0.1, -0.05) is 13.0 Å². The van der Waals surface area contributed by atoms with E-state index in [1.54, 1.807) is 18.5 Å². The fourth-order valence-corrected chi connectivity index (χ4v) is 2.09. The SMILES string of the molecule is CCC(N)Cc1ccc(OCc2cncc(C)c2)c(F)c1. The maximum absolute atomic E-state index is 14.0. The summed E-state index contributed by atoms with van der Waals surface area (Å²) in [5.74, 6) is -0.0956. The lowest BCUT2D eigenvalue weighted by molar-refractivity contribution is 0.289. The monoisotopic (exact) mass is 288 g/mol. The first-order chi connectivity index (χ1) is 10.1. The molecule has 21 heavy (non-hydrogen) atoms. The summed E-state index contributed by atoms with van der Waals surface area (Å²) in [6, 6.07) is 7.06. The molecular formula is C17H21FN2O. The second kappa shape index (κ2) is 7.18.